The van der Waals surface area contributed by atoms with Crippen LogP contribution in [0.15, 0.2) is 0 Å². The van der Waals surface area contributed by atoms with Crippen LogP contribution >= 0.6 is 7.82 Å². The van der Waals surface area contributed by atoms with E-state index in [-0.39, 0.29) is 104 Å². The van der Waals surface area contributed by atoms with Gasteiger partial charge in [-0.05, 0) is 0 Å². The Kier molecular flexibility index (Phi) is 18.5. The van der Waals surface area contributed by atoms with E-state index in [0.29, 0.717) is 0 Å². The van der Waals surface area contributed by atoms with Gasteiger partial charge in [0.25, 0.3) is 0 Å². The molecular weight excluding hydrogens is 185 g/mol. The molecule has 0 rings (SSSR count). The summed E-state index contributed by atoms with van der Waals surface area (Å²) in [4.78, 5) is 15.4. The van der Waals surface area contributed by atoms with E-state index in [4.69, 9.17) is 9.79 Å². The first-order chi connectivity index (χ1) is 2.56. The van der Waals surface area contributed by atoms with Gasteiger partial charge >= 0.3 is 112 Å². The van der Waals surface area contributed by atoms with E-state index in [0.717, 1.165) is 7.11 Å². The van der Waals surface area contributed by atoms with Gasteiger partial charge in [0.1, 0.15) is 0 Å². The van der Waals surface area contributed by atoms with Gasteiger partial charge in [0.2, 0.25) is 0 Å². The first-order valence-electron chi connectivity index (χ1n) is 1.17. The fourth-order valence-corrected chi connectivity index (χ4v) is 0. The van der Waals surface area contributed by atoms with Crippen molar-refractivity contribution in [2.24, 2.45) is 0 Å². The van der Waals surface area contributed by atoms with Crippen molar-refractivity contribution < 1.29 is 20.3 Å². The molecule has 0 aliphatic rings. The van der Waals surface area contributed by atoms with Gasteiger partial charge in [-0.3, -0.25) is 4.52 Å². The second-order valence-electron chi connectivity index (χ2n) is 0.673. The molecular formula is CH8K2O4P+. The van der Waals surface area contributed by atoms with E-state index >= 15 is 0 Å². The first-order valence-corrected chi connectivity index (χ1v) is 2.70. The minimum atomic E-state index is -4.15. The maximum absolute atomic E-state index is 9.47. The summed E-state index contributed by atoms with van der Waals surface area (Å²) in [6, 6.07) is 0. The summed E-state index contributed by atoms with van der Waals surface area (Å²) >= 11 is 0. The molecule has 0 aromatic rings. The van der Waals surface area contributed by atoms with Gasteiger partial charge < -0.3 is 9.79 Å². The van der Waals surface area contributed by atoms with E-state index in [9.17, 15) is 4.57 Å². The maximum atomic E-state index is 9.47. The minimum absolute atomic E-state index is 0. The van der Waals surface area contributed by atoms with Gasteiger partial charge in [-0.1, -0.05) is 0 Å². The van der Waals surface area contributed by atoms with Crippen LogP contribution in [-0.2, 0) is 9.09 Å². The third kappa shape index (κ3) is 16.2. The van der Waals surface area contributed by atoms with Crippen LogP contribution in [0.5, 0.6) is 0 Å². The van der Waals surface area contributed by atoms with Crippen molar-refractivity contribution in [3.05, 3.63) is 0 Å². The first kappa shape index (κ1) is 17.5. The topological polar surface area (TPSA) is 66.8 Å². The second-order valence-corrected chi connectivity index (χ2v) is 2.02. The van der Waals surface area contributed by atoms with Gasteiger partial charge in [0.15, 0.2) is 0 Å². The van der Waals surface area contributed by atoms with E-state index in [1.807, 2.05) is 0 Å². The van der Waals surface area contributed by atoms with Gasteiger partial charge in [-0.2, -0.15) is 0 Å². The molecule has 0 unspecified atom stereocenters. The van der Waals surface area contributed by atoms with E-state index in [1.165, 1.54) is 0 Å². The monoisotopic (exact) mass is 193 g/mol. The average molecular weight is 193 g/mol. The van der Waals surface area contributed by atoms with Crippen molar-refractivity contribution >= 4 is 111 Å². The Morgan fingerprint density at radius 1 is 1.50 bits per heavy atom. The molecule has 0 aliphatic carbocycles. The van der Waals surface area contributed by atoms with Gasteiger partial charge in [-0.25, -0.2) is 4.57 Å². The van der Waals surface area contributed by atoms with Gasteiger partial charge in [0, 0.05) is 7.11 Å². The van der Waals surface area contributed by atoms with E-state index < -0.39 is 7.82 Å². The fourth-order valence-electron chi connectivity index (χ4n) is 0. The van der Waals surface area contributed by atoms with Crippen molar-refractivity contribution in [3.8, 4) is 0 Å². The SMILES string of the molecule is COP(=O)(O)O.[H+].[KH].[KH]. The zero-order chi connectivity index (χ0) is 5.21. The van der Waals surface area contributed by atoms with Crippen molar-refractivity contribution in [2.45, 2.75) is 0 Å². The molecule has 0 amide bonds. The molecule has 0 radical (unpaired) electrons. The quantitative estimate of drug-likeness (QED) is 0.394. The number of rotatable bonds is 1. The molecule has 2 N–H and O–H groups in total. The number of hydrogen-bond acceptors (Lipinski definition) is 2. The Morgan fingerprint density at radius 3 is 1.62 bits per heavy atom. The molecule has 0 saturated carbocycles. The van der Waals surface area contributed by atoms with Crippen LogP contribution in [0.3, 0.4) is 0 Å². The summed E-state index contributed by atoms with van der Waals surface area (Å²) < 4.78 is 13.1. The summed E-state index contributed by atoms with van der Waals surface area (Å²) in [6.07, 6.45) is 0. The Morgan fingerprint density at radius 2 is 1.62 bits per heavy atom. The Labute approximate surface area is 134 Å². The molecule has 7 heteroatoms. The van der Waals surface area contributed by atoms with Crippen molar-refractivity contribution in [1.82, 2.24) is 0 Å². The zero-order valence-electron chi connectivity index (χ0n) is 4.16. The molecule has 0 aromatic heterocycles. The van der Waals surface area contributed by atoms with E-state index in [1.54, 1.807) is 0 Å². The summed E-state index contributed by atoms with van der Waals surface area (Å²) in [5.41, 5.74) is 0. The summed E-state index contributed by atoms with van der Waals surface area (Å²) in [6.45, 7) is 0. The standard InChI is InChI=1S/CH5O4P.2K.2H/c1-5-6(2,3)4;;;;/h1H3,(H2,2,3,4);;;;/p+1. The summed E-state index contributed by atoms with van der Waals surface area (Å²) in [7, 11) is -3.20. The third-order valence-corrected chi connectivity index (χ3v) is 0.714. The Hall–Kier alpha value is 3.38. The van der Waals surface area contributed by atoms with Crippen LogP contribution in [0.4, 0.5) is 0 Å². The number of phosphoric ester groups is 1. The zero-order valence-corrected chi connectivity index (χ0v) is 4.05. The van der Waals surface area contributed by atoms with Crippen molar-refractivity contribution in [1.29, 1.82) is 0 Å². The molecule has 0 fully saturated rings. The van der Waals surface area contributed by atoms with E-state index in [2.05, 4.69) is 4.52 Å². The molecule has 8 heavy (non-hydrogen) atoms. The Bertz CT molecular complexity index is 82.6. The number of phosphoric acid groups is 1. The van der Waals surface area contributed by atoms with Crippen LogP contribution in [0.1, 0.15) is 1.43 Å². The predicted molar refractivity (Wildman–Crippen MR) is 34.5 cm³/mol. The summed E-state index contributed by atoms with van der Waals surface area (Å²) in [5.74, 6) is 0. The fraction of sp³-hybridized carbons (Fsp3) is 1.00. The molecule has 0 bridgehead atoms. The normalized spacial score (nSPS) is 8.88. The molecule has 0 aliphatic heterocycles. The molecule has 0 heterocycles. The third-order valence-electron chi connectivity index (χ3n) is 0.238. The molecule has 0 spiro atoms. The van der Waals surface area contributed by atoms with Crippen molar-refractivity contribution in [3.63, 3.8) is 0 Å². The molecule has 4 nitrogen and oxygen atoms in total. The molecule has 42 valence electrons. The molecule has 0 aromatic carbocycles. The van der Waals surface area contributed by atoms with Crippen LogP contribution < -0.4 is 0 Å². The summed E-state index contributed by atoms with van der Waals surface area (Å²) in [5, 5.41) is 0. The van der Waals surface area contributed by atoms with Crippen LogP contribution in [-0.4, -0.2) is 120 Å². The average Bonchev–Trinajstić information content (AvgIpc) is 1.35. The van der Waals surface area contributed by atoms with Gasteiger partial charge in [0.05, 0.1) is 0 Å². The van der Waals surface area contributed by atoms with Crippen LogP contribution in [0, 0.1) is 0 Å². The molecule has 0 atom stereocenters. The van der Waals surface area contributed by atoms with Gasteiger partial charge in [-0.15, -0.1) is 0 Å². The Balaban J connectivity index is -0.0000000417. The second kappa shape index (κ2) is 8.48. The van der Waals surface area contributed by atoms with Crippen LogP contribution in [0.25, 0.3) is 0 Å². The predicted octanol–water partition coefficient (Wildman–Crippen LogP) is -1.46. The molecule has 0 saturated heterocycles. The number of hydrogen-bond donors (Lipinski definition) is 2. The van der Waals surface area contributed by atoms with Crippen LogP contribution in [0.2, 0.25) is 0 Å². The van der Waals surface area contributed by atoms with Crippen molar-refractivity contribution in [2.75, 3.05) is 7.11 Å².